The van der Waals surface area contributed by atoms with Gasteiger partial charge in [0, 0.05) is 6.42 Å². The van der Waals surface area contributed by atoms with E-state index < -0.39 is 0 Å². The number of carbonyl (C=O) groups excluding carboxylic acids is 1. The summed E-state index contributed by atoms with van der Waals surface area (Å²) in [6.45, 7) is 7.74. The average Bonchev–Trinajstić information content (AvgIpc) is 2.27. The molecule has 1 aliphatic heterocycles. The maximum Gasteiger partial charge on any atom is 0.129 e. The summed E-state index contributed by atoms with van der Waals surface area (Å²) in [6.07, 6.45) is 8.57. The number of carbonyl (C=O) groups is 1. The Morgan fingerprint density at radius 3 is 2.50 bits per heavy atom. The van der Waals surface area contributed by atoms with E-state index in [1.54, 1.807) is 6.92 Å². The summed E-state index contributed by atoms with van der Waals surface area (Å²) in [5.74, 6) is 1.32. The summed E-state index contributed by atoms with van der Waals surface area (Å²) in [6, 6.07) is 0. The van der Waals surface area contributed by atoms with E-state index in [1.807, 2.05) is 0 Å². The van der Waals surface area contributed by atoms with Crippen molar-refractivity contribution in [1.29, 1.82) is 0 Å². The molecular formula is C14H27NO. The van der Waals surface area contributed by atoms with Gasteiger partial charge >= 0.3 is 0 Å². The molecule has 2 heteroatoms. The summed E-state index contributed by atoms with van der Waals surface area (Å²) in [4.78, 5) is 13.4. The van der Waals surface area contributed by atoms with Crippen molar-refractivity contribution in [1.82, 2.24) is 4.90 Å². The number of ketones is 1. The Hall–Kier alpha value is -0.370. The van der Waals surface area contributed by atoms with Gasteiger partial charge in [0.05, 0.1) is 0 Å². The van der Waals surface area contributed by atoms with Gasteiger partial charge in [-0.2, -0.15) is 0 Å². The van der Waals surface area contributed by atoms with Gasteiger partial charge < -0.3 is 9.69 Å². The Kier molecular flexibility index (Phi) is 6.70. The summed E-state index contributed by atoms with van der Waals surface area (Å²) < 4.78 is 0. The third kappa shape index (κ3) is 5.64. The average molecular weight is 225 g/mol. The van der Waals surface area contributed by atoms with Crippen LogP contribution in [-0.2, 0) is 4.79 Å². The van der Waals surface area contributed by atoms with Gasteiger partial charge in [0.15, 0.2) is 0 Å². The molecule has 16 heavy (non-hydrogen) atoms. The maximum absolute atomic E-state index is 10.8. The van der Waals surface area contributed by atoms with Crippen LogP contribution in [0.2, 0.25) is 0 Å². The molecule has 0 atom stereocenters. The summed E-state index contributed by atoms with van der Waals surface area (Å²) >= 11 is 0. The number of rotatable bonds is 7. The molecule has 0 unspecified atom stereocenters. The van der Waals surface area contributed by atoms with Crippen molar-refractivity contribution in [3.8, 4) is 0 Å². The molecule has 0 radical (unpaired) electrons. The van der Waals surface area contributed by atoms with Gasteiger partial charge in [-0.1, -0.05) is 19.8 Å². The molecular weight excluding hydrogens is 198 g/mol. The van der Waals surface area contributed by atoms with Gasteiger partial charge in [-0.05, 0) is 58.2 Å². The Balaban J connectivity index is 2.01. The summed E-state index contributed by atoms with van der Waals surface area (Å²) in [7, 11) is 0. The van der Waals surface area contributed by atoms with Crippen LogP contribution in [0.3, 0.4) is 0 Å². The number of likely N-dealkylation sites (tertiary alicyclic amines) is 1. The SMILES string of the molecule is CCCC1CCN(CCCCC(C)=O)CC1. The molecule has 0 aliphatic carbocycles. The minimum Gasteiger partial charge on any atom is -0.303 e. The minimum atomic E-state index is 0.335. The highest BCUT2D eigenvalue weighted by molar-refractivity contribution is 5.75. The van der Waals surface area contributed by atoms with Gasteiger partial charge in [-0.3, -0.25) is 0 Å². The molecule has 1 rings (SSSR count). The molecule has 1 heterocycles. The van der Waals surface area contributed by atoms with Crippen molar-refractivity contribution < 1.29 is 4.79 Å². The van der Waals surface area contributed by atoms with Crippen LogP contribution in [0.1, 0.15) is 58.8 Å². The monoisotopic (exact) mass is 225 g/mol. The molecule has 1 aliphatic rings. The fraction of sp³-hybridized carbons (Fsp3) is 0.929. The zero-order chi connectivity index (χ0) is 11.8. The summed E-state index contributed by atoms with van der Waals surface area (Å²) in [5.41, 5.74) is 0. The van der Waals surface area contributed by atoms with E-state index in [0.717, 1.165) is 18.8 Å². The second kappa shape index (κ2) is 7.83. The third-order valence-electron chi connectivity index (χ3n) is 3.66. The maximum atomic E-state index is 10.8. The van der Waals surface area contributed by atoms with Crippen LogP contribution < -0.4 is 0 Å². The van der Waals surface area contributed by atoms with E-state index in [9.17, 15) is 4.79 Å². The molecule has 2 nitrogen and oxygen atoms in total. The Bertz CT molecular complexity index is 195. The van der Waals surface area contributed by atoms with Crippen molar-refractivity contribution in [3.63, 3.8) is 0 Å². The van der Waals surface area contributed by atoms with Gasteiger partial charge in [0.2, 0.25) is 0 Å². The van der Waals surface area contributed by atoms with Crippen molar-refractivity contribution in [2.24, 2.45) is 5.92 Å². The molecule has 0 N–H and O–H groups in total. The highest BCUT2D eigenvalue weighted by Gasteiger charge is 2.17. The topological polar surface area (TPSA) is 20.3 Å². The van der Waals surface area contributed by atoms with E-state index in [1.165, 1.54) is 51.7 Å². The lowest BCUT2D eigenvalue weighted by Crippen LogP contribution is -2.34. The van der Waals surface area contributed by atoms with E-state index in [-0.39, 0.29) is 0 Å². The van der Waals surface area contributed by atoms with Crippen LogP contribution in [0, 0.1) is 5.92 Å². The predicted octanol–water partition coefficient (Wildman–Crippen LogP) is 3.26. The first kappa shape index (κ1) is 13.7. The first-order chi connectivity index (χ1) is 7.72. The van der Waals surface area contributed by atoms with Gasteiger partial charge in [0.25, 0.3) is 0 Å². The van der Waals surface area contributed by atoms with Crippen molar-refractivity contribution in [2.75, 3.05) is 19.6 Å². The zero-order valence-corrected chi connectivity index (χ0v) is 11.0. The van der Waals surface area contributed by atoms with Crippen LogP contribution in [-0.4, -0.2) is 30.3 Å². The fourth-order valence-corrected chi connectivity index (χ4v) is 2.62. The van der Waals surface area contributed by atoms with Gasteiger partial charge in [-0.15, -0.1) is 0 Å². The van der Waals surface area contributed by atoms with Gasteiger partial charge in [-0.25, -0.2) is 0 Å². The first-order valence-electron chi connectivity index (χ1n) is 6.94. The van der Waals surface area contributed by atoms with E-state index in [4.69, 9.17) is 0 Å². The normalized spacial score (nSPS) is 18.9. The smallest absolute Gasteiger partial charge is 0.129 e. The minimum absolute atomic E-state index is 0.335. The van der Waals surface area contributed by atoms with Crippen LogP contribution in [0.4, 0.5) is 0 Å². The highest BCUT2D eigenvalue weighted by atomic mass is 16.1. The molecule has 0 aromatic carbocycles. The van der Waals surface area contributed by atoms with Crippen LogP contribution in [0.5, 0.6) is 0 Å². The second-order valence-corrected chi connectivity index (χ2v) is 5.23. The molecule has 1 saturated heterocycles. The second-order valence-electron chi connectivity index (χ2n) is 5.23. The number of unbranched alkanes of at least 4 members (excludes halogenated alkanes) is 1. The standard InChI is InChI=1S/C14H27NO/c1-3-6-14-8-11-15(12-9-14)10-5-4-7-13(2)16/h14H,3-12H2,1-2H3. The molecule has 1 fully saturated rings. The Morgan fingerprint density at radius 1 is 1.25 bits per heavy atom. The van der Waals surface area contributed by atoms with Crippen LogP contribution in [0.15, 0.2) is 0 Å². The number of nitrogens with zero attached hydrogens (tertiary/aromatic N) is 1. The quantitative estimate of drug-likeness (QED) is 0.620. The van der Waals surface area contributed by atoms with E-state index >= 15 is 0 Å². The molecule has 94 valence electrons. The third-order valence-corrected chi connectivity index (χ3v) is 3.66. The molecule has 0 aromatic rings. The van der Waals surface area contributed by atoms with Crippen LogP contribution in [0.25, 0.3) is 0 Å². The number of hydrogen-bond acceptors (Lipinski definition) is 2. The van der Waals surface area contributed by atoms with Crippen molar-refractivity contribution in [2.45, 2.75) is 58.8 Å². The largest absolute Gasteiger partial charge is 0.303 e. The Morgan fingerprint density at radius 2 is 1.94 bits per heavy atom. The van der Waals surface area contributed by atoms with E-state index in [0.29, 0.717) is 5.78 Å². The van der Waals surface area contributed by atoms with E-state index in [2.05, 4.69) is 11.8 Å². The predicted molar refractivity (Wildman–Crippen MR) is 68.6 cm³/mol. The molecule has 0 saturated carbocycles. The lowest BCUT2D eigenvalue weighted by Gasteiger charge is -2.31. The van der Waals surface area contributed by atoms with Crippen LogP contribution >= 0.6 is 0 Å². The first-order valence-corrected chi connectivity index (χ1v) is 6.94. The zero-order valence-electron chi connectivity index (χ0n) is 11.0. The van der Waals surface area contributed by atoms with Crippen molar-refractivity contribution >= 4 is 5.78 Å². The fourth-order valence-electron chi connectivity index (χ4n) is 2.62. The molecule has 0 aromatic heterocycles. The molecule has 0 spiro atoms. The Labute approximate surface area is 100 Å². The number of piperidine rings is 1. The molecule has 0 amide bonds. The lowest BCUT2D eigenvalue weighted by atomic mass is 9.92. The van der Waals surface area contributed by atoms with Gasteiger partial charge in [0.1, 0.15) is 5.78 Å². The number of hydrogen-bond donors (Lipinski definition) is 0. The van der Waals surface area contributed by atoms with Crippen molar-refractivity contribution in [3.05, 3.63) is 0 Å². The highest BCUT2D eigenvalue weighted by Crippen LogP contribution is 2.21. The lowest BCUT2D eigenvalue weighted by molar-refractivity contribution is -0.117. The summed E-state index contributed by atoms with van der Waals surface area (Å²) in [5, 5.41) is 0. The molecule has 0 bridgehead atoms. The number of Topliss-reactive ketones (excluding diaryl/α,β-unsaturated/α-hetero) is 1.